The number of rotatable bonds is 2. The molecule has 0 spiro atoms. The predicted molar refractivity (Wildman–Crippen MR) is 75.0 cm³/mol. The zero-order valence-electron chi connectivity index (χ0n) is 9.87. The van der Waals surface area contributed by atoms with Gasteiger partial charge in [-0.05, 0) is 18.6 Å². The second-order valence-electron chi connectivity index (χ2n) is 4.31. The minimum absolute atomic E-state index is 0.0204. The van der Waals surface area contributed by atoms with Gasteiger partial charge in [0, 0.05) is 16.8 Å². The van der Waals surface area contributed by atoms with Crippen LogP contribution in [0.1, 0.15) is 10.6 Å². The van der Waals surface area contributed by atoms with Crippen molar-refractivity contribution in [3.63, 3.8) is 0 Å². The number of thioether (sulfide) groups is 1. The molecule has 0 aromatic carbocycles. The van der Waals surface area contributed by atoms with Crippen molar-refractivity contribution < 1.29 is 4.79 Å². The van der Waals surface area contributed by atoms with Crippen molar-refractivity contribution in [1.82, 2.24) is 9.88 Å². The summed E-state index contributed by atoms with van der Waals surface area (Å²) in [6.45, 7) is 1.99. The molecule has 0 aliphatic carbocycles. The molecule has 4 nitrogen and oxygen atoms in total. The van der Waals surface area contributed by atoms with Crippen LogP contribution in [-0.4, -0.2) is 33.0 Å². The largest absolute Gasteiger partial charge is 0.317 e. The van der Waals surface area contributed by atoms with E-state index in [9.17, 15) is 4.79 Å². The van der Waals surface area contributed by atoms with Gasteiger partial charge in [-0.2, -0.15) is 0 Å². The molecule has 1 aromatic heterocycles. The van der Waals surface area contributed by atoms with Crippen LogP contribution in [0.2, 0.25) is 0 Å². The Morgan fingerprint density at radius 3 is 3.11 bits per heavy atom. The lowest BCUT2D eigenvalue weighted by molar-refractivity contribution is -0.140. The Bertz CT molecular complexity index is 549. The van der Waals surface area contributed by atoms with Crippen LogP contribution in [0.5, 0.6) is 0 Å². The Morgan fingerprint density at radius 2 is 2.39 bits per heavy atom. The standard InChI is InChI=1S/C12H13N3OS2/c1-7-9(18-6-14-7)3-2-8-4-15-11(16)10(13)12(15)17-5-8/h2-4,6,10,12H,5,13H2,1H3/t10?,12-/m1/s1. The Balaban J connectivity index is 1.75. The van der Waals surface area contributed by atoms with Gasteiger partial charge < -0.3 is 10.6 Å². The number of β-lactam (4-membered cyclic amide) rings is 1. The summed E-state index contributed by atoms with van der Waals surface area (Å²) in [5.74, 6) is 0.920. The first kappa shape index (κ1) is 12.0. The van der Waals surface area contributed by atoms with Gasteiger partial charge in [0.1, 0.15) is 11.4 Å². The fraction of sp³-hybridized carbons (Fsp3) is 0.333. The molecule has 1 saturated heterocycles. The molecule has 2 atom stereocenters. The first-order valence-corrected chi connectivity index (χ1v) is 7.58. The Morgan fingerprint density at radius 1 is 1.56 bits per heavy atom. The quantitative estimate of drug-likeness (QED) is 0.835. The number of aryl methyl sites for hydroxylation is 1. The maximum Gasteiger partial charge on any atom is 0.247 e. The number of hydrogen-bond donors (Lipinski definition) is 1. The number of amides is 1. The van der Waals surface area contributed by atoms with Crippen molar-refractivity contribution in [3.05, 3.63) is 33.9 Å². The van der Waals surface area contributed by atoms with E-state index in [1.54, 1.807) is 28.0 Å². The minimum Gasteiger partial charge on any atom is -0.317 e. The number of carbonyl (C=O) groups is 1. The normalized spacial score (nSPS) is 27.1. The summed E-state index contributed by atoms with van der Waals surface area (Å²) >= 11 is 3.34. The number of nitrogens with two attached hydrogens (primary N) is 1. The average Bonchev–Trinajstić information content (AvgIpc) is 2.80. The number of fused-ring (bicyclic) bond motifs is 1. The van der Waals surface area contributed by atoms with E-state index in [0.717, 1.165) is 21.9 Å². The highest BCUT2D eigenvalue weighted by Crippen LogP contribution is 2.35. The monoisotopic (exact) mass is 279 g/mol. The Hall–Kier alpha value is -1.11. The van der Waals surface area contributed by atoms with Gasteiger partial charge in [0.05, 0.1) is 11.2 Å². The van der Waals surface area contributed by atoms with Gasteiger partial charge in [-0.15, -0.1) is 23.1 Å². The molecule has 0 bridgehead atoms. The summed E-state index contributed by atoms with van der Waals surface area (Å²) < 4.78 is 0. The summed E-state index contributed by atoms with van der Waals surface area (Å²) in [6, 6.07) is -0.319. The molecule has 0 radical (unpaired) electrons. The molecule has 1 amide bonds. The average molecular weight is 279 g/mol. The van der Waals surface area contributed by atoms with E-state index in [4.69, 9.17) is 5.73 Å². The summed E-state index contributed by atoms with van der Waals surface area (Å²) in [5.41, 5.74) is 9.75. The number of thiazole rings is 1. The molecule has 18 heavy (non-hydrogen) atoms. The number of nitrogens with zero attached hydrogens (tertiary/aromatic N) is 2. The lowest BCUT2D eigenvalue weighted by Crippen LogP contribution is -2.65. The molecule has 1 aromatic rings. The molecule has 3 rings (SSSR count). The van der Waals surface area contributed by atoms with Crippen LogP contribution >= 0.6 is 23.1 Å². The summed E-state index contributed by atoms with van der Waals surface area (Å²) in [5, 5.41) is 0.139. The molecule has 2 aliphatic rings. The van der Waals surface area contributed by atoms with Crippen molar-refractivity contribution in [2.24, 2.45) is 5.73 Å². The van der Waals surface area contributed by atoms with Crippen molar-refractivity contribution in [3.8, 4) is 0 Å². The van der Waals surface area contributed by atoms with E-state index in [-0.39, 0.29) is 17.3 Å². The third kappa shape index (κ3) is 1.90. The van der Waals surface area contributed by atoms with Gasteiger partial charge in [0.15, 0.2) is 0 Å². The highest BCUT2D eigenvalue weighted by molar-refractivity contribution is 8.00. The van der Waals surface area contributed by atoms with Gasteiger partial charge in [0.25, 0.3) is 0 Å². The van der Waals surface area contributed by atoms with Crippen LogP contribution in [0.3, 0.4) is 0 Å². The van der Waals surface area contributed by atoms with Crippen molar-refractivity contribution in [2.75, 3.05) is 5.75 Å². The highest BCUT2D eigenvalue weighted by Gasteiger charge is 2.45. The fourth-order valence-electron chi connectivity index (χ4n) is 1.97. The minimum atomic E-state index is -0.319. The molecule has 3 heterocycles. The zero-order chi connectivity index (χ0) is 12.7. The zero-order valence-corrected chi connectivity index (χ0v) is 11.5. The summed E-state index contributed by atoms with van der Waals surface area (Å²) in [7, 11) is 0. The summed E-state index contributed by atoms with van der Waals surface area (Å²) in [4.78, 5) is 18.6. The SMILES string of the molecule is Cc1ncsc1C=CC1=CN2C(=O)C(N)[C@H]2SC1. The van der Waals surface area contributed by atoms with Crippen molar-refractivity contribution in [2.45, 2.75) is 18.3 Å². The van der Waals surface area contributed by atoms with Crippen LogP contribution in [-0.2, 0) is 4.79 Å². The van der Waals surface area contributed by atoms with Crippen LogP contribution in [0.15, 0.2) is 23.4 Å². The fourth-order valence-corrected chi connectivity index (χ4v) is 3.85. The van der Waals surface area contributed by atoms with Crippen LogP contribution < -0.4 is 5.73 Å². The van der Waals surface area contributed by atoms with E-state index in [1.807, 2.05) is 18.6 Å². The van der Waals surface area contributed by atoms with E-state index in [1.165, 1.54) is 0 Å². The molecular formula is C12H13N3OS2. The number of carbonyl (C=O) groups excluding carboxylic acids is 1. The molecule has 94 valence electrons. The predicted octanol–water partition coefficient (Wildman–Crippen LogP) is 1.59. The van der Waals surface area contributed by atoms with E-state index in [2.05, 4.69) is 17.1 Å². The maximum atomic E-state index is 11.5. The van der Waals surface area contributed by atoms with Crippen molar-refractivity contribution >= 4 is 35.1 Å². The first-order valence-electron chi connectivity index (χ1n) is 5.65. The summed E-state index contributed by atoms with van der Waals surface area (Å²) in [6.07, 6.45) is 6.03. The lowest BCUT2D eigenvalue weighted by Gasteiger charge is -2.45. The lowest BCUT2D eigenvalue weighted by atomic mass is 10.1. The molecule has 1 unspecified atom stereocenters. The van der Waals surface area contributed by atoms with Gasteiger partial charge in [-0.3, -0.25) is 4.79 Å². The van der Waals surface area contributed by atoms with E-state index < -0.39 is 0 Å². The van der Waals surface area contributed by atoms with Gasteiger partial charge in [0.2, 0.25) is 5.91 Å². The molecular weight excluding hydrogens is 266 g/mol. The molecule has 0 saturated carbocycles. The third-order valence-corrected chi connectivity index (χ3v) is 5.34. The number of aromatic nitrogens is 1. The second kappa shape index (κ2) is 4.53. The Labute approximate surface area is 114 Å². The van der Waals surface area contributed by atoms with Gasteiger partial charge in [-0.1, -0.05) is 6.08 Å². The number of allylic oxidation sites excluding steroid dienone is 1. The second-order valence-corrected chi connectivity index (χ2v) is 6.30. The van der Waals surface area contributed by atoms with Crippen LogP contribution in [0.4, 0.5) is 0 Å². The molecule has 1 fully saturated rings. The van der Waals surface area contributed by atoms with Gasteiger partial charge in [-0.25, -0.2) is 4.98 Å². The first-order chi connectivity index (χ1) is 8.66. The number of hydrogen-bond acceptors (Lipinski definition) is 5. The molecule has 2 aliphatic heterocycles. The van der Waals surface area contributed by atoms with Crippen LogP contribution in [0, 0.1) is 6.92 Å². The topological polar surface area (TPSA) is 59.2 Å². The van der Waals surface area contributed by atoms with Crippen molar-refractivity contribution in [1.29, 1.82) is 0 Å². The highest BCUT2D eigenvalue weighted by atomic mass is 32.2. The van der Waals surface area contributed by atoms with Gasteiger partial charge >= 0.3 is 0 Å². The van der Waals surface area contributed by atoms with E-state index >= 15 is 0 Å². The smallest absolute Gasteiger partial charge is 0.247 e. The van der Waals surface area contributed by atoms with E-state index in [0.29, 0.717) is 0 Å². The van der Waals surface area contributed by atoms with Crippen LogP contribution in [0.25, 0.3) is 6.08 Å². The maximum absolute atomic E-state index is 11.5. The molecule has 2 N–H and O–H groups in total. The molecule has 6 heteroatoms. The Kier molecular flexibility index (Phi) is 3.01. The third-order valence-electron chi connectivity index (χ3n) is 3.08.